The maximum atomic E-state index is 12.0. The number of anilines is 1. The van der Waals surface area contributed by atoms with Gasteiger partial charge in [-0.1, -0.05) is 6.92 Å². The van der Waals surface area contributed by atoms with E-state index in [1.165, 1.54) is 39.3 Å². The zero-order chi connectivity index (χ0) is 17.1. The van der Waals surface area contributed by atoms with Gasteiger partial charge in [0.2, 0.25) is 0 Å². The molecule has 2 N–H and O–H groups in total. The van der Waals surface area contributed by atoms with E-state index in [4.69, 9.17) is 4.74 Å². The van der Waals surface area contributed by atoms with Crippen LogP contribution in [-0.4, -0.2) is 37.6 Å². The zero-order valence-electron chi connectivity index (χ0n) is 14.5. The van der Waals surface area contributed by atoms with Crippen LogP contribution in [0, 0.1) is 11.8 Å². The number of rotatable bonds is 5. The van der Waals surface area contributed by atoms with Crippen LogP contribution in [-0.2, 0) is 4.74 Å². The second-order valence-corrected chi connectivity index (χ2v) is 7.12. The molecule has 5 nitrogen and oxygen atoms in total. The summed E-state index contributed by atoms with van der Waals surface area (Å²) in [6.07, 6.45) is 3.34. The highest BCUT2D eigenvalue weighted by molar-refractivity contribution is 5.94. The number of nitrogens with one attached hydrogen (secondary N) is 2. The number of amides is 1. The molecule has 3 aliphatic heterocycles. The molecular weight excluding hydrogens is 304 g/mol. The highest BCUT2D eigenvalue weighted by Crippen LogP contribution is 2.28. The van der Waals surface area contributed by atoms with Crippen molar-refractivity contribution < 1.29 is 19.2 Å². The Labute approximate surface area is 143 Å². The molecule has 24 heavy (non-hydrogen) atoms. The number of hydrogen-bond donors (Lipinski definition) is 2. The van der Waals surface area contributed by atoms with Gasteiger partial charge in [0.05, 0.1) is 13.1 Å². The normalized spacial score (nSPS) is 28.4. The zero-order valence-corrected chi connectivity index (χ0v) is 14.5. The summed E-state index contributed by atoms with van der Waals surface area (Å²) in [4.78, 5) is 24.8. The minimum absolute atomic E-state index is 0.0129. The summed E-state index contributed by atoms with van der Waals surface area (Å²) in [5.41, 5.74) is 1.28. The lowest BCUT2D eigenvalue weighted by Crippen LogP contribution is -3.20. The third kappa shape index (κ3) is 3.78. The largest absolute Gasteiger partial charge is 0.443 e. The number of carbonyl (C=O) groups is 2. The number of ketones is 1. The minimum Gasteiger partial charge on any atom is -0.443 e. The molecule has 0 aromatic heterocycles. The number of piperidine rings is 3. The van der Waals surface area contributed by atoms with Crippen LogP contribution in [0.3, 0.4) is 0 Å². The second-order valence-electron chi connectivity index (χ2n) is 7.12. The topological polar surface area (TPSA) is 59.8 Å². The fraction of sp³-hybridized carbons (Fsp3) is 0.579. The average molecular weight is 331 g/mol. The summed E-state index contributed by atoms with van der Waals surface area (Å²) in [6, 6.07) is 7.30. The molecule has 1 amide bonds. The first-order chi connectivity index (χ1) is 11.6. The van der Waals surface area contributed by atoms with Crippen molar-refractivity contribution in [1.82, 2.24) is 0 Å². The van der Waals surface area contributed by atoms with Crippen LogP contribution in [0.4, 0.5) is 10.5 Å². The first-order valence-corrected chi connectivity index (χ1v) is 8.96. The van der Waals surface area contributed by atoms with Crippen molar-refractivity contribution in [2.24, 2.45) is 11.8 Å². The predicted octanol–water partition coefficient (Wildman–Crippen LogP) is 2.14. The average Bonchev–Trinajstić information content (AvgIpc) is 2.60. The van der Waals surface area contributed by atoms with E-state index in [2.05, 4.69) is 12.2 Å². The number of hydrogen-bond acceptors (Lipinski definition) is 3. The Hall–Kier alpha value is -1.88. The lowest BCUT2D eigenvalue weighted by Gasteiger charge is -2.46. The van der Waals surface area contributed by atoms with Crippen molar-refractivity contribution in [3.63, 3.8) is 0 Å². The molecule has 0 spiro atoms. The molecule has 1 unspecified atom stereocenters. The third-order valence-corrected chi connectivity index (χ3v) is 5.67. The molecule has 1 aromatic carbocycles. The van der Waals surface area contributed by atoms with Crippen molar-refractivity contribution in [3.05, 3.63) is 29.8 Å². The van der Waals surface area contributed by atoms with Crippen molar-refractivity contribution in [2.75, 3.05) is 25.0 Å². The first kappa shape index (κ1) is 17.0. The molecule has 3 fully saturated rings. The Morgan fingerprint density at radius 2 is 2.04 bits per heavy atom. The van der Waals surface area contributed by atoms with Gasteiger partial charge in [0, 0.05) is 30.0 Å². The van der Waals surface area contributed by atoms with Crippen LogP contribution >= 0.6 is 0 Å². The number of fused-ring (bicyclic) bond motifs is 3. The van der Waals surface area contributed by atoms with Gasteiger partial charge in [0.25, 0.3) is 0 Å². The summed E-state index contributed by atoms with van der Waals surface area (Å²) in [5.74, 6) is 1.67. The van der Waals surface area contributed by atoms with Crippen molar-refractivity contribution >= 4 is 17.6 Å². The first-order valence-electron chi connectivity index (χ1n) is 8.96. The van der Waals surface area contributed by atoms with E-state index in [9.17, 15) is 9.59 Å². The molecule has 0 radical (unpaired) electrons. The summed E-state index contributed by atoms with van der Waals surface area (Å²) >= 11 is 0. The Bertz CT molecular complexity index is 599. The number of carbonyl (C=O) groups excluding carboxylic acids is 2. The van der Waals surface area contributed by atoms with E-state index >= 15 is 0 Å². The number of ether oxygens (including phenoxy) is 1. The van der Waals surface area contributed by atoms with Crippen LogP contribution in [0.25, 0.3) is 0 Å². The predicted molar refractivity (Wildman–Crippen MR) is 92.4 cm³/mol. The lowest BCUT2D eigenvalue weighted by atomic mass is 9.75. The van der Waals surface area contributed by atoms with E-state index in [0.717, 1.165) is 11.8 Å². The van der Waals surface area contributed by atoms with Gasteiger partial charge in [-0.25, -0.2) is 4.79 Å². The number of benzene rings is 1. The van der Waals surface area contributed by atoms with Gasteiger partial charge in [-0.3, -0.25) is 10.1 Å². The van der Waals surface area contributed by atoms with Gasteiger partial charge >= 0.3 is 6.09 Å². The van der Waals surface area contributed by atoms with E-state index in [1.807, 2.05) is 0 Å². The molecule has 3 aliphatic rings. The van der Waals surface area contributed by atoms with Crippen molar-refractivity contribution in [1.29, 1.82) is 0 Å². The standard InChI is InChI=1S/C19H26N2O3/c1-3-14-11-21-9-8-16(14)10-18(21)12-24-19(23)20-17-6-4-15(5-7-17)13(2)22/h4-7,14,16,18H,3,8-12H2,1-2H3,(H,20,23)/p+1/t14-,16-,18+/m0/s1. The summed E-state index contributed by atoms with van der Waals surface area (Å²) in [7, 11) is 0. The summed E-state index contributed by atoms with van der Waals surface area (Å²) in [5, 5.41) is 2.73. The molecule has 130 valence electrons. The van der Waals surface area contributed by atoms with Gasteiger partial charge in [-0.05, 0) is 43.5 Å². The fourth-order valence-corrected chi connectivity index (χ4v) is 4.21. The van der Waals surface area contributed by atoms with Crippen LogP contribution in [0.15, 0.2) is 24.3 Å². The Balaban J connectivity index is 1.47. The Morgan fingerprint density at radius 3 is 2.62 bits per heavy atom. The molecule has 5 heteroatoms. The molecule has 2 bridgehead atoms. The van der Waals surface area contributed by atoms with Crippen LogP contribution < -0.4 is 10.2 Å². The van der Waals surface area contributed by atoms with Gasteiger partial charge in [0.1, 0.15) is 12.6 Å². The van der Waals surface area contributed by atoms with Crippen molar-refractivity contribution in [2.45, 2.75) is 39.2 Å². The fourth-order valence-electron chi connectivity index (χ4n) is 4.21. The maximum Gasteiger partial charge on any atom is 0.411 e. The second kappa shape index (κ2) is 7.34. The van der Waals surface area contributed by atoms with Crippen LogP contribution in [0.1, 0.15) is 43.5 Å². The van der Waals surface area contributed by atoms with Crippen LogP contribution in [0.5, 0.6) is 0 Å². The number of quaternary nitrogens is 1. The molecule has 0 saturated carbocycles. The molecular formula is C19H27N2O3+. The highest BCUT2D eigenvalue weighted by atomic mass is 16.5. The smallest absolute Gasteiger partial charge is 0.411 e. The Morgan fingerprint density at radius 1 is 1.29 bits per heavy atom. The van der Waals surface area contributed by atoms with E-state index in [1.54, 1.807) is 29.2 Å². The maximum absolute atomic E-state index is 12.0. The third-order valence-electron chi connectivity index (χ3n) is 5.67. The lowest BCUT2D eigenvalue weighted by molar-refractivity contribution is -0.946. The molecule has 0 aliphatic carbocycles. The minimum atomic E-state index is -0.417. The van der Waals surface area contributed by atoms with E-state index in [0.29, 0.717) is 23.9 Å². The summed E-state index contributed by atoms with van der Waals surface area (Å²) in [6.45, 7) is 6.73. The highest BCUT2D eigenvalue weighted by Gasteiger charge is 2.43. The monoisotopic (exact) mass is 331 g/mol. The van der Waals surface area contributed by atoms with Gasteiger partial charge in [-0.2, -0.15) is 0 Å². The molecule has 3 heterocycles. The van der Waals surface area contributed by atoms with E-state index < -0.39 is 6.09 Å². The number of Topliss-reactive ketones (excluding diaryl/α,β-unsaturated/α-hetero) is 1. The molecule has 4 atom stereocenters. The Kier molecular flexibility index (Phi) is 5.19. The van der Waals surface area contributed by atoms with E-state index in [-0.39, 0.29) is 5.78 Å². The molecule has 1 aromatic rings. The SMILES string of the molecule is CC[C@H]1C[NH+]2CC[C@H]1C[C@@H]2COC(=O)Nc1ccc(C(C)=O)cc1. The quantitative estimate of drug-likeness (QED) is 0.813. The van der Waals surface area contributed by atoms with Crippen LogP contribution in [0.2, 0.25) is 0 Å². The van der Waals surface area contributed by atoms with Gasteiger partial charge < -0.3 is 9.64 Å². The van der Waals surface area contributed by atoms with Gasteiger partial charge in [0.15, 0.2) is 5.78 Å². The molecule has 4 rings (SSSR count). The molecule has 3 saturated heterocycles. The van der Waals surface area contributed by atoms with Crippen molar-refractivity contribution in [3.8, 4) is 0 Å². The van der Waals surface area contributed by atoms with Gasteiger partial charge in [-0.15, -0.1) is 0 Å². The summed E-state index contributed by atoms with van der Waals surface area (Å²) < 4.78 is 5.45.